The highest BCUT2D eigenvalue weighted by Crippen LogP contribution is 2.33. The molecule has 0 aliphatic carbocycles. The Morgan fingerprint density at radius 2 is 1.69 bits per heavy atom. The van der Waals surface area contributed by atoms with Crippen LogP contribution in [0.1, 0.15) is 25.3 Å². The van der Waals surface area contributed by atoms with E-state index in [1.807, 2.05) is 68.1 Å². The average molecular weight is 472 g/mol. The van der Waals surface area contributed by atoms with Gasteiger partial charge in [-0.15, -0.1) is 0 Å². The van der Waals surface area contributed by atoms with E-state index in [4.69, 9.17) is 4.42 Å². The Labute approximate surface area is 204 Å². The first-order valence-electron chi connectivity index (χ1n) is 11.8. The van der Waals surface area contributed by atoms with Crippen LogP contribution in [0, 0.1) is 6.92 Å². The maximum Gasteiger partial charge on any atom is 0.259 e. The highest BCUT2D eigenvalue weighted by Gasteiger charge is 2.47. The van der Waals surface area contributed by atoms with Crippen LogP contribution in [0.3, 0.4) is 0 Å². The third kappa shape index (κ3) is 4.20. The van der Waals surface area contributed by atoms with Crippen LogP contribution in [0.15, 0.2) is 70.3 Å². The summed E-state index contributed by atoms with van der Waals surface area (Å²) in [6.45, 7) is 8.17. The summed E-state index contributed by atoms with van der Waals surface area (Å²) >= 11 is 0. The second kappa shape index (κ2) is 9.02. The minimum atomic E-state index is -0.837. The van der Waals surface area contributed by atoms with Crippen molar-refractivity contribution in [3.63, 3.8) is 0 Å². The van der Waals surface area contributed by atoms with E-state index >= 15 is 0 Å². The molecule has 8 heteroatoms. The van der Waals surface area contributed by atoms with Gasteiger partial charge in [0.1, 0.15) is 12.0 Å². The predicted molar refractivity (Wildman–Crippen MR) is 134 cm³/mol. The number of nitrogens with zero attached hydrogens (tertiary/aromatic N) is 5. The number of piperazine rings is 1. The van der Waals surface area contributed by atoms with Gasteiger partial charge in [-0.05, 0) is 43.7 Å². The van der Waals surface area contributed by atoms with Gasteiger partial charge in [0.15, 0.2) is 11.7 Å². The van der Waals surface area contributed by atoms with Crippen LogP contribution in [0.4, 0.5) is 5.69 Å². The lowest BCUT2D eigenvalue weighted by Crippen LogP contribution is -2.51. The number of oxazole rings is 1. The summed E-state index contributed by atoms with van der Waals surface area (Å²) in [5, 5.41) is 5.80. The maximum absolute atomic E-state index is 13.2. The van der Waals surface area contributed by atoms with Crippen molar-refractivity contribution in [2.24, 2.45) is 5.10 Å². The van der Waals surface area contributed by atoms with Crippen molar-refractivity contribution in [2.45, 2.75) is 26.2 Å². The summed E-state index contributed by atoms with van der Waals surface area (Å²) in [5.74, 6) is 1.16. The molecule has 2 aliphatic rings. The number of aryl methyl sites for hydroxylation is 1. The minimum Gasteiger partial charge on any atom is -0.441 e. The minimum absolute atomic E-state index is 0.0378. The fourth-order valence-corrected chi connectivity index (χ4v) is 4.72. The van der Waals surface area contributed by atoms with Gasteiger partial charge in [-0.25, -0.2) is 9.99 Å². The van der Waals surface area contributed by atoms with Crippen molar-refractivity contribution in [1.29, 1.82) is 0 Å². The number of hydrazone groups is 1. The number of amides is 2. The van der Waals surface area contributed by atoms with Crippen LogP contribution < -0.4 is 4.90 Å². The zero-order valence-electron chi connectivity index (χ0n) is 20.3. The van der Waals surface area contributed by atoms with Crippen LogP contribution in [0.25, 0.3) is 11.3 Å². The molecule has 0 spiro atoms. The summed E-state index contributed by atoms with van der Waals surface area (Å²) in [6.07, 6.45) is 1.73. The number of hydrogen-bond acceptors (Lipinski definition) is 6. The number of aromatic nitrogens is 1. The molecule has 5 rings (SSSR count). The summed E-state index contributed by atoms with van der Waals surface area (Å²) in [6, 6.07) is 17.8. The molecule has 35 heavy (non-hydrogen) atoms. The van der Waals surface area contributed by atoms with Crippen molar-refractivity contribution in [1.82, 2.24) is 14.9 Å². The number of rotatable bonds is 5. The lowest BCUT2D eigenvalue weighted by Gasteiger charge is -2.36. The molecule has 0 saturated carbocycles. The normalized spacial score (nSPS) is 20.4. The van der Waals surface area contributed by atoms with E-state index in [0.717, 1.165) is 35.7 Å². The molecule has 2 amide bonds. The SMILES string of the molecule is CC1=NN(CC(=O)N2CCN(c3ccc(-c4cnc(C)o4)cc3)CC2)C(=O)C1(C)c1ccccc1. The predicted octanol–water partition coefficient (Wildman–Crippen LogP) is 3.47. The van der Waals surface area contributed by atoms with Crippen molar-refractivity contribution in [3.8, 4) is 11.3 Å². The van der Waals surface area contributed by atoms with Crippen LogP contribution >= 0.6 is 0 Å². The van der Waals surface area contributed by atoms with Crippen LogP contribution in [-0.4, -0.2) is 65.1 Å². The highest BCUT2D eigenvalue weighted by atomic mass is 16.4. The van der Waals surface area contributed by atoms with Crippen LogP contribution in [0.2, 0.25) is 0 Å². The molecule has 2 aromatic carbocycles. The maximum atomic E-state index is 13.2. The smallest absolute Gasteiger partial charge is 0.259 e. The number of hydrogen-bond donors (Lipinski definition) is 0. The summed E-state index contributed by atoms with van der Waals surface area (Å²) in [5.41, 5.74) is 2.84. The summed E-state index contributed by atoms with van der Waals surface area (Å²) in [4.78, 5) is 34.5. The zero-order valence-corrected chi connectivity index (χ0v) is 20.3. The molecule has 1 saturated heterocycles. The molecule has 1 aromatic heterocycles. The molecule has 0 radical (unpaired) electrons. The molecule has 1 atom stereocenters. The van der Waals surface area contributed by atoms with E-state index < -0.39 is 5.41 Å². The Morgan fingerprint density at radius 1 is 1.00 bits per heavy atom. The van der Waals surface area contributed by atoms with Gasteiger partial charge in [0.25, 0.3) is 5.91 Å². The van der Waals surface area contributed by atoms with E-state index in [0.29, 0.717) is 24.7 Å². The number of anilines is 1. The lowest BCUT2D eigenvalue weighted by molar-refractivity contribution is -0.141. The van der Waals surface area contributed by atoms with Gasteiger partial charge in [-0.1, -0.05) is 30.3 Å². The van der Waals surface area contributed by atoms with E-state index in [1.54, 1.807) is 6.20 Å². The zero-order chi connectivity index (χ0) is 24.6. The second-order valence-corrected chi connectivity index (χ2v) is 9.20. The third-order valence-corrected chi connectivity index (χ3v) is 7.06. The van der Waals surface area contributed by atoms with Crippen molar-refractivity contribution < 1.29 is 14.0 Å². The fraction of sp³-hybridized carbons (Fsp3) is 0.333. The molecule has 1 unspecified atom stereocenters. The molecular formula is C27H29N5O3. The standard InChI is InChI=1S/C27H29N5O3/c1-19-27(3,22-7-5-4-6-8-22)26(34)32(29-19)18-25(33)31-15-13-30(14-16-31)23-11-9-21(10-12-23)24-17-28-20(2)35-24/h4-12,17H,13-16,18H2,1-3H3. The third-order valence-electron chi connectivity index (χ3n) is 7.06. The van der Waals surface area contributed by atoms with Crippen molar-refractivity contribution in [2.75, 3.05) is 37.6 Å². The van der Waals surface area contributed by atoms with Gasteiger partial charge < -0.3 is 14.2 Å². The van der Waals surface area contributed by atoms with E-state index in [9.17, 15) is 9.59 Å². The molecular weight excluding hydrogens is 442 g/mol. The number of carbonyl (C=O) groups is 2. The molecule has 0 N–H and O–H groups in total. The Bertz CT molecular complexity index is 1260. The molecule has 1 fully saturated rings. The first-order chi connectivity index (χ1) is 16.9. The van der Waals surface area contributed by atoms with Gasteiger partial charge in [-0.2, -0.15) is 5.10 Å². The van der Waals surface area contributed by atoms with E-state index in [1.165, 1.54) is 5.01 Å². The largest absolute Gasteiger partial charge is 0.441 e. The molecule has 0 bridgehead atoms. The highest BCUT2D eigenvalue weighted by molar-refractivity contribution is 6.16. The number of benzene rings is 2. The molecule has 180 valence electrons. The number of carbonyl (C=O) groups excluding carboxylic acids is 2. The Balaban J connectivity index is 1.18. The molecule has 2 aliphatic heterocycles. The molecule has 3 heterocycles. The van der Waals surface area contributed by atoms with Crippen molar-refractivity contribution in [3.05, 3.63) is 72.2 Å². The van der Waals surface area contributed by atoms with Crippen LogP contribution in [0.5, 0.6) is 0 Å². The van der Waals surface area contributed by atoms with Crippen molar-refractivity contribution >= 4 is 23.2 Å². The van der Waals surface area contributed by atoms with Gasteiger partial charge in [0.2, 0.25) is 5.91 Å². The Morgan fingerprint density at radius 3 is 2.31 bits per heavy atom. The average Bonchev–Trinajstić information content (AvgIpc) is 3.42. The Hall–Kier alpha value is -3.94. The fourth-order valence-electron chi connectivity index (χ4n) is 4.72. The first kappa shape index (κ1) is 22.8. The molecule has 3 aromatic rings. The molecule has 8 nitrogen and oxygen atoms in total. The lowest BCUT2D eigenvalue weighted by atomic mass is 9.78. The van der Waals surface area contributed by atoms with E-state index in [2.05, 4.69) is 27.1 Å². The quantitative estimate of drug-likeness (QED) is 0.569. The monoisotopic (exact) mass is 471 g/mol. The van der Waals surface area contributed by atoms with Crippen LogP contribution in [-0.2, 0) is 15.0 Å². The summed E-state index contributed by atoms with van der Waals surface area (Å²) in [7, 11) is 0. The van der Waals surface area contributed by atoms with Gasteiger partial charge >= 0.3 is 0 Å². The summed E-state index contributed by atoms with van der Waals surface area (Å²) < 4.78 is 5.60. The van der Waals surface area contributed by atoms with E-state index in [-0.39, 0.29) is 18.4 Å². The van der Waals surface area contributed by atoms with Gasteiger partial charge in [-0.3, -0.25) is 9.59 Å². The Kier molecular flexibility index (Phi) is 5.88. The van der Waals surface area contributed by atoms with Gasteiger partial charge in [0.05, 0.1) is 11.9 Å². The second-order valence-electron chi connectivity index (χ2n) is 9.20. The van der Waals surface area contributed by atoms with Gasteiger partial charge in [0, 0.05) is 44.4 Å². The topological polar surface area (TPSA) is 82.2 Å². The first-order valence-corrected chi connectivity index (χ1v) is 11.8.